The lowest BCUT2D eigenvalue weighted by molar-refractivity contribution is -0.140. The fourth-order valence-electron chi connectivity index (χ4n) is 8.14. The summed E-state index contributed by atoms with van der Waals surface area (Å²) in [7, 11) is -0.798. The molecule has 0 aromatic rings. The summed E-state index contributed by atoms with van der Waals surface area (Å²) in [6.45, 7) is 14.4. The third kappa shape index (κ3) is 3.60. The van der Waals surface area contributed by atoms with E-state index in [9.17, 15) is 9.59 Å². The predicted octanol–water partition coefficient (Wildman–Crippen LogP) is 6.00. The van der Waals surface area contributed by atoms with Crippen LogP contribution in [0.25, 0.3) is 0 Å². The van der Waals surface area contributed by atoms with Gasteiger partial charge >= 0.3 is 0 Å². The normalized spacial score (nSPS) is 41.4. The molecule has 0 aromatic heterocycles. The molecule has 4 aliphatic carbocycles. The second kappa shape index (κ2) is 7.69. The molecule has 0 amide bonds. The molecule has 0 saturated heterocycles. The summed E-state index contributed by atoms with van der Waals surface area (Å²) in [5, 5.41) is 0. The molecule has 6 atom stereocenters. The Morgan fingerprint density at radius 3 is 2.43 bits per heavy atom. The number of carbonyl (C=O) groups is 2. The summed E-state index contributed by atoms with van der Waals surface area (Å²) in [5.74, 6) is 2.94. The summed E-state index contributed by atoms with van der Waals surface area (Å²) in [5.41, 5.74) is 1.61. The quantitative estimate of drug-likeness (QED) is 0.515. The standard InChI is InChI=1S/C26H41O3Si/c1-17-13-19-20-7-8-23(28)26(20,16-29-30(5)6)12-10-21(19)25(15-24(2,3)4)11-9-18(27)14-22(17)25/h14,17,19-21H,7-13,15-16H2,1-6H3/t17-,19-,20-,21-,25-,26+/m0/s1. The van der Waals surface area contributed by atoms with Crippen LogP contribution in [0.15, 0.2) is 11.6 Å². The second-order valence-electron chi connectivity index (χ2n) is 12.3. The Hall–Kier alpha value is -0.743. The van der Waals surface area contributed by atoms with Crippen LogP contribution in [-0.4, -0.2) is 27.2 Å². The van der Waals surface area contributed by atoms with E-state index in [-0.39, 0.29) is 16.2 Å². The molecule has 3 fully saturated rings. The first-order chi connectivity index (χ1) is 14.0. The molecule has 3 nitrogen and oxygen atoms in total. The highest BCUT2D eigenvalue weighted by molar-refractivity contribution is 6.48. The average Bonchev–Trinajstić information content (AvgIpc) is 2.97. The fraction of sp³-hybridized carbons (Fsp3) is 0.846. The van der Waals surface area contributed by atoms with Crippen LogP contribution in [0, 0.1) is 39.9 Å². The van der Waals surface area contributed by atoms with Crippen molar-refractivity contribution in [2.75, 3.05) is 6.61 Å². The maximum atomic E-state index is 13.2. The Labute approximate surface area is 185 Å². The van der Waals surface area contributed by atoms with Crippen LogP contribution in [0.2, 0.25) is 13.1 Å². The maximum Gasteiger partial charge on any atom is 0.204 e. The van der Waals surface area contributed by atoms with Crippen molar-refractivity contribution in [2.24, 2.45) is 39.9 Å². The topological polar surface area (TPSA) is 43.4 Å². The molecule has 3 saturated carbocycles. The molecular weight excluding hydrogens is 388 g/mol. The van der Waals surface area contributed by atoms with Gasteiger partial charge in [0, 0.05) is 19.4 Å². The molecule has 167 valence electrons. The van der Waals surface area contributed by atoms with Gasteiger partial charge in [-0.15, -0.1) is 0 Å². The Morgan fingerprint density at radius 2 is 1.77 bits per heavy atom. The molecule has 4 heteroatoms. The molecule has 1 radical (unpaired) electrons. The van der Waals surface area contributed by atoms with Crippen LogP contribution in [0.4, 0.5) is 0 Å². The van der Waals surface area contributed by atoms with Gasteiger partial charge in [-0.05, 0) is 92.2 Å². The first-order valence-corrected chi connectivity index (χ1v) is 14.6. The van der Waals surface area contributed by atoms with Gasteiger partial charge in [0.1, 0.15) is 5.78 Å². The van der Waals surface area contributed by atoms with Gasteiger partial charge in [0.2, 0.25) is 9.04 Å². The summed E-state index contributed by atoms with van der Waals surface area (Å²) in [4.78, 5) is 25.6. The number of ketones is 2. The van der Waals surface area contributed by atoms with Gasteiger partial charge in [-0.1, -0.05) is 33.3 Å². The first kappa shape index (κ1) is 22.5. The van der Waals surface area contributed by atoms with Crippen LogP contribution in [0.3, 0.4) is 0 Å². The van der Waals surface area contributed by atoms with Gasteiger partial charge in [0.15, 0.2) is 5.78 Å². The lowest BCUT2D eigenvalue weighted by atomic mass is 9.43. The zero-order valence-corrected chi connectivity index (χ0v) is 21.0. The van der Waals surface area contributed by atoms with Crippen molar-refractivity contribution in [3.63, 3.8) is 0 Å². The number of Topliss-reactive ketones (excluding diaryl/α,β-unsaturated/α-hetero) is 1. The Kier molecular flexibility index (Phi) is 5.75. The SMILES string of the molecule is C[C@H]1C[C@H]2[C@@H]3CCC(=O)[C@@]3(CO[Si](C)C)CC[C@@H]2[C@@]2(CC(C)(C)C)CCC(=O)C=C12. The van der Waals surface area contributed by atoms with Gasteiger partial charge in [-0.2, -0.15) is 0 Å². The Bertz CT molecular complexity index is 748. The number of hydrogen-bond acceptors (Lipinski definition) is 3. The van der Waals surface area contributed by atoms with E-state index in [1.807, 2.05) is 6.08 Å². The molecule has 4 aliphatic rings. The predicted molar refractivity (Wildman–Crippen MR) is 122 cm³/mol. The summed E-state index contributed by atoms with van der Waals surface area (Å²) in [6, 6.07) is 0. The lowest BCUT2D eigenvalue weighted by Gasteiger charge is -2.61. The molecule has 0 heterocycles. The van der Waals surface area contributed by atoms with Gasteiger partial charge in [0.05, 0.1) is 5.41 Å². The Balaban J connectivity index is 1.74. The zero-order chi connectivity index (χ0) is 21.9. The van der Waals surface area contributed by atoms with E-state index in [0.717, 1.165) is 44.9 Å². The summed E-state index contributed by atoms with van der Waals surface area (Å²) in [6.07, 6.45) is 9.98. The van der Waals surface area contributed by atoms with Gasteiger partial charge in [0.25, 0.3) is 0 Å². The van der Waals surface area contributed by atoms with E-state index in [4.69, 9.17) is 4.43 Å². The van der Waals surface area contributed by atoms with Crippen molar-refractivity contribution in [3.8, 4) is 0 Å². The van der Waals surface area contributed by atoms with Crippen LogP contribution < -0.4 is 0 Å². The Morgan fingerprint density at radius 1 is 1.07 bits per heavy atom. The highest BCUT2D eigenvalue weighted by Crippen LogP contribution is 2.67. The van der Waals surface area contributed by atoms with E-state index >= 15 is 0 Å². The molecule has 4 rings (SSSR count). The first-order valence-electron chi connectivity index (χ1n) is 12.2. The van der Waals surface area contributed by atoms with Crippen LogP contribution in [-0.2, 0) is 14.0 Å². The minimum absolute atomic E-state index is 0.150. The van der Waals surface area contributed by atoms with Crippen molar-refractivity contribution in [2.45, 2.75) is 92.2 Å². The summed E-state index contributed by atoms with van der Waals surface area (Å²) < 4.78 is 6.21. The van der Waals surface area contributed by atoms with E-state index in [1.54, 1.807) is 0 Å². The molecule has 0 spiro atoms. The monoisotopic (exact) mass is 429 g/mol. The van der Waals surface area contributed by atoms with E-state index in [2.05, 4.69) is 40.8 Å². The molecule has 0 aromatic carbocycles. The lowest BCUT2D eigenvalue weighted by Crippen LogP contribution is -2.56. The highest BCUT2D eigenvalue weighted by atomic mass is 28.3. The van der Waals surface area contributed by atoms with Crippen LogP contribution in [0.1, 0.15) is 79.1 Å². The van der Waals surface area contributed by atoms with Crippen LogP contribution >= 0.6 is 0 Å². The molecular formula is C26H41O3Si. The van der Waals surface area contributed by atoms with E-state index < -0.39 is 9.04 Å². The molecule has 0 bridgehead atoms. The van der Waals surface area contributed by atoms with E-state index in [0.29, 0.717) is 48.3 Å². The molecule has 0 N–H and O–H groups in total. The van der Waals surface area contributed by atoms with Gasteiger partial charge < -0.3 is 4.43 Å². The zero-order valence-electron chi connectivity index (χ0n) is 20.0. The smallest absolute Gasteiger partial charge is 0.204 e. The number of fused-ring (bicyclic) bond motifs is 5. The average molecular weight is 430 g/mol. The second-order valence-corrected chi connectivity index (χ2v) is 14.4. The van der Waals surface area contributed by atoms with Crippen molar-refractivity contribution < 1.29 is 14.0 Å². The molecule has 30 heavy (non-hydrogen) atoms. The summed E-state index contributed by atoms with van der Waals surface area (Å²) >= 11 is 0. The van der Waals surface area contributed by atoms with Crippen molar-refractivity contribution in [1.29, 1.82) is 0 Å². The molecule has 0 aliphatic heterocycles. The van der Waals surface area contributed by atoms with E-state index in [1.165, 1.54) is 5.57 Å². The maximum absolute atomic E-state index is 13.2. The number of hydrogen-bond donors (Lipinski definition) is 0. The minimum atomic E-state index is -0.798. The van der Waals surface area contributed by atoms with Crippen molar-refractivity contribution >= 4 is 20.6 Å². The van der Waals surface area contributed by atoms with Gasteiger partial charge in [-0.25, -0.2) is 0 Å². The largest absolute Gasteiger partial charge is 0.416 e. The number of rotatable bonds is 4. The van der Waals surface area contributed by atoms with Crippen molar-refractivity contribution in [3.05, 3.63) is 11.6 Å². The van der Waals surface area contributed by atoms with Gasteiger partial charge in [-0.3, -0.25) is 9.59 Å². The third-order valence-electron chi connectivity index (χ3n) is 8.92. The fourth-order valence-corrected chi connectivity index (χ4v) is 8.68. The number of carbonyl (C=O) groups excluding carboxylic acids is 2. The highest BCUT2D eigenvalue weighted by Gasteiger charge is 2.63. The molecule has 0 unspecified atom stereocenters. The number of allylic oxidation sites excluding steroid dienone is 1. The third-order valence-corrected chi connectivity index (χ3v) is 9.64. The minimum Gasteiger partial charge on any atom is -0.416 e. The van der Waals surface area contributed by atoms with Crippen LogP contribution in [0.5, 0.6) is 0 Å². The van der Waals surface area contributed by atoms with Crippen molar-refractivity contribution in [1.82, 2.24) is 0 Å².